The Morgan fingerprint density at radius 2 is 1.95 bits per heavy atom. The van der Waals surface area contributed by atoms with E-state index in [4.69, 9.17) is 4.74 Å². The minimum Gasteiger partial charge on any atom is -0.463 e. The molecule has 0 atom stereocenters. The zero-order valence-corrected chi connectivity index (χ0v) is 12.3. The maximum atomic E-state index is 11.7. The molecule has 2 rings (SSSR count). The van der Waals surface area contributed by atoms with Crippen molar-refractivity contribution in [1.82, 2.24) is 0 Å². The minimum absolute atomic E-state index is 0.271. The van der Waals surface area contributed by atoms with Gasteiger partial charge in [-0.1, -0.05) is 52.3 Å². The van der Waals surface area contributed by atoms with Gasteiger partial charge in [0.2, 0.25) is 0 Å². The Bertz CT molecular complexity index is 617. The summed E-state index contributed by atoms with van der Waals surface area (Å²) in [6.07, 6.45) is 1.86. The Hall–Kier alpha value is -1.61. The van der Waals surface area contributed by atoms with Gasteiger partial charge in [0.15, 0.2) is 0 Å². The predicted octanol–water partition coefficient (Wildman–Crippen LogP) is 4.18. The third-order valence-corrected chi connectivity index (χ3v) is 3.40. The summed E-state index contributed by atoms with van der Waals surface area (Å²) in [5, 5.41) is 2.84. The predicted molar refractivity (Wildman–Crippen MR) is 82.4 cm³/mol. The topological polar surface area (TPSA) is 26.3 Å². The van der Waals surface area contributed by atoms with Crippen LogP contribution >= 0.6 is 15.9 Å². The molecule has 0 saturated heterocycles. The van der Waals surface area contributed by atoms with Crippen molar-refractivity contribution in [3.8, 4) is 0 Å². The first-order valence-electron chi connectivity index (χ1n) is 6.17. The minimum atomic E-state index is -0.271. The molecule has 0 N–H and O–H groups in total. The van der Waals surface area contributed by atoms with Crippen LogP contribution in [0.1, 0.15) is 12.5 Å². The molecule has 0 aromatic heterocycles. The molecule has 2 aromatic carbocycles. The molecule has 2 nitrogen and oxygen atoms in total. The van der Waals surface area contributed by atoms with Gasteiger partial charge < -0.3 is 4.74 Å². The van der Waals surface area contributed by atoms with Crippen molar-refractivity contribution >= 4 is 38.7 Å². The second-order valence-electron chi connectivity index (χ2n) is 4.13. The van der Waals surface area contributed by atoms with Crippen LogP contribution in [-0.4, -0.2) is 17.9 Å². The van der Waals surface area contributed by atoms with Crippen LogP contribution in [0.25, 0.3) is 16.8 Å². The van der Waals surface area contributed by atoms with E-state index in [9.17, 15) is 4.79 Å². The summed E-state index contributed by atoms with van der Waals surface area (Å²) in [4.78, 5) is 11.7. The molecule has 2 aromatic rings. The van der Waals surface area contributed by atoms with Gasteiger partial charge >= 0.3 is 5.97 Å². The third-order valence-electron chi connectivity index (χ3n) is 2.80. The fourth-order valence-electron chi connectivity index (χ4n) is 1.87. The van der Waals surface area contributed by atoms with E-state index < -0.39 is 0 Å². The lowest BCUT2D eigenvalue weighted by atomic mass is 10.1. The average Bonchev–Trinajstić information content (AvgIpc) is 2.44. The van der Waals surface area contributed by atoms with Crippen molar-refractivity contribution in [2.24, 2.45) is 0 Å². The van der Waals surface area contributed by atoms with Crippen LogP contribution < -0.4 is 0 Å². The standard InChI is InChI=1S/C16H15BrO2/c1-2-19-16(18)15(11-17)10-12-7-8-13-5-3-4-6-14(13)9-12/h3-10H,2,11H2,1H3/b15-10-. The molecule has 0 unspecified atom stereocenters. The van der Waals surface area contributed by atoms with Crippen molar-refractivity contribution in [3.63, 3.8) is 0 Å². The number of esters is 1. The van der Waals surface area contributed by atoms with Crippen LogP contribution in [0.5, 0.6) is 0 Å². The maximum absolute atomic E-state index is 11.7. The highest BCUT2D eigenvalue weighted by Gasteiger charge is 2.08. The molecule has 0 saturated carbocycles. The van der Waals surface area contributed by atoms with Crippen molar-refractivity contribution in [2.75, 3.05) is 11.9 Å². The number of halogens is 1. The molecule has 0 radical (unpaired) electrons. The van der Waals surface area contributed by atoms with E-state index in [1.807, 2.05) is 24.3 Å². The van der Waals surface area contributed by atoms with Crippen LogP contribution in [0.2, 0.25) is 0 Å². The van der Waals surface area contributed by atoms with Gasteiger partial charge in [0.25, 0.3) is 0 Å². The highest BCUT2D eigenvalue weighted by molar-refractivity contribution is 9.09. The Balaban J connectivity index is 2.35. The van der Waals surface area contributed by atoms with Crippen molar-refractivity contribution in [2.45, 2.75) is 6.92 Å². The lowest BCUT2D eigenvalue weighted by Gasteiger charge is -2.04. The van der Waals surface area contributed by atoms with Gasteiger partial charge in [-0.25, -0.2) is 4.79 Å². The van der Waals surface area contributed by atoms with Crippen LogP contribution in [0.15, 0.2) is 48.0 Å². The van der Waals surface area contributed by atoms with E-state index in [2.05, 4.69) is 40.2 Å². The first-order chi connectivity index (χ1) is 9.24. The van der Waals surface area contributed by atoms with Gasteiger partial charge in [-0.15, -0.1) is 0 Å². The van der Waals surface area contributed by atoms with Gasteiger partial charge in [0.1, 0.15) is 0 Å². The number of ether oxygens (including phenoxy) is 1. The molecule has 0 spiro atoms. The number of carbonyl (C=O) groups is 1. The second-order valence-corrected chi connectivity index (χ2v) is 4.69. The number of hydrogen-bond acceptors (Lipinski definition) is 2. The number of fused-ring (bicyclic) bond motifs is 1. The van der Waals surface area contributed by atoms with Gasteiger partial charge in [0, 0.05) is 10.9 Å². The molecule has 98 valence electrons. The van der Waals surface area contributed by atoms with Crippen molar-refractivity contribution in [3.05, 3.63) is 53.6 Å². The summed E-state index contributed by atoms with van der Waals surface area (Å²) in [5.74, 6) is -0.271. The average molecular weight is 319 g/mol. The number of alkyl halides is 1. The Morgan fingerprint density at radius 3 is 2.63 bits per heavy atom. The molecular weight excluding hydrogens is 304 g/mol. The molecule has 19 heavy (non-hydrogen) atoms. The van der Waals surface area contributed by atoms with E-state index >= 15 is 0 Å². The van der Waals surface area contributed by atoms with Crippen LogP contribution in [0.3, 0.4) is 0 Å². The number of benzene rings is 2. The van der Waals surface area contributed by atoms with E-state index in [0.717, 1.165) is 10.9 Å². The molecule has 0 bridgehead atoms. The van der Waals surface area contributed by atoms with Crippen LogP contribution in [0, 0.1) is 0 Å². The molecule has 0 fully saturated rings. The summed E-state index contributed by atoms with van der Waals surface area (Å²) < 4.78 is 5.02. The number of hydrogen-bond donors (Lipinski definition) is 0. The first kappa shape index (κ1) is 13.8. The van der Waals surface area contributed by atoms with Crippen molar-refractivity contribution < 1.29 is 9.53 Å². The lowest BCUT2D eigenvalue weighted by molar-refractivity contribution is -0.138. The summed E-state index contributed by atoms with van der Waals surface area (Å²) in [5.41, 5.74) is 1.62. The lowest BCUT2D eigenvalue weighted by Crippen LogP contribution is -2.08. The Morgan fingerprint density at radius 1 is 1.21 bits per heavy atom. The van der Waals surface area contributed by atoms with Gasteiger partial charge in [-0.05, 0) is 35.4 Å². The van der Waals surface area contributed by atoms with Crippen molar-refractivity contribution in [1.29, 1.82) is 0 Å². The largest absolute Gasteiger partial charge is 0.463 e. The quantitative estimate of drug-likeness (QED) is 0.480. The highest BCUT2D eigenvalue weighted by Crippen LogP contribution is 2.18. The molecule has 0 aliphatic carbocycles. The monoisotopic (exact) mass is 318 g/mol. The van der Waals surface area contributed by atoms with Crippen LogP contribution in [-0.2, 0) is 9.53 Å². The van der Waals surface area contributed by atoms with E-state index in [1.54, 1.807) is 6.92 Å². The van der Waals surface area contributed by atoms with Gasteiger partial charge in [-0.3, -0.25) is 0 Å². The van der Waals surface area contributed by atoms with Gasteiger partial charge in [-0.2, -0.15) is 0 Å². The summed E-state index contributed by atoms with van der Waals surface area (Å²) in [7, 11) is 0. The third kappa shape index (κ3) is 3.44. The SMILES string of the molecule is CCOC(=O)/C(=C\c1ccc2ccccc2c1)CBr. The molecule has 0 aliphatic rings. The summed E-state index contributed by atoms with van der Waals surface area (Å²) in [6, 6.07) is 14.3. The Labute approximate surface area is 121 Å². The normalized spacial score (nSPS) is 11.6. The van der Waals surface area contributed by atoms with E-state index in [0.29, 0.717) is 17.5 Å². The molecule has 0 heterocycles. The molecule has 3 heteroatoms. The second kappa shape index (κ2) is 6.53. The Kier molecular flexibility index (Phi) is 4.74. The van der Waals surface area contributed by atoms with E-state index in [1.165, 1.54) is 5.39 Å². The zero-order valence-electron chi connectivity index (χ0n) is 10.7. The fourth-order valence-corrected chi connectivity index (χ4v) is 2.27. The maximum Gasteiger partial charge on any atom is 0.334 e. The smallest absolute Gasteiger partial charge is 0.334 e. The van der Waals surface area contributed by atoms with E-state index in [-0.39, 0.29) is 5.97 Å². The molecule has 0 aliphatic heterocycles. The number of rotatable bonds is 4. The van der Waals surface area contributed by atoms with Crippen LogP contribution in [0.4, 0.5) is 0 Å². The molecular formula is C16H15BrO2. The zero-order chi connectivity index (χ0) is 13.7. The highest BCUT2D eigenvalue weighted by atomic mass is 79.9. The fraction of sp³-hybridized carbons (Fsp3) is 0.188. The summed E-state index contributed by atoms with van der Waals surface area (Å²) in [6.45, 7) is 2.20. The summed E-state index contributed by atoms with van der Waals surface area (Å²) >= 11 is 3.32. The first-order valence-corrected chi connectivity index (χ1v) is 7.29. The molecule has 0 amide bonds. The number of carbonyl (C=O) groups excluding carboxylic acids is 1. The van der Waals surface area contributed by atoms with Gasteiger partial charge in [0.05, 0.1) is 6.61 Å².